The van der Waals surface area contributed by atoms with E-state index in [-0.39, 0.29) is 23.5 Å². The van der Waals surface area contributed by atoms with Crippen molar-refractivity contribution in [2.75, 3.05) is 21.9 Å². The monoisotopic (exact) mass is 479 g/mol. The lowest BCUT2D eigenvalue weighted by Gasteiger charge is -2.19. The maximum absolute atomic E-state index is 14.4. The van der Waals surface area contributed by atoms with Gasteiger partial charge in [-0.3, -0.25) is 14.1 Å². The Morgan fingerprint density at radius 2 is 1.81 bits per heavy atom. The quantitative estimate of drug-likeness (QED) is 0.571. The maximum atomic E-state index is 14.4. The van der Waals surface area contributed by atoms with E-state index < -0.39 is 26.8 Å². The van der Waals surface area contributed by atoms with Crippen LogP contribution in [0.5, 0.6) is 0 Å². The predicted octanol–water partition coefficient (Wildman–Crippen LogP) is 4.99. The van der Waals surface area contributed by atoms with Gasteiger partial charge in [0.1, 0.15) is 5.82 Å². The van der Waals surface area contributed by atoms with Crippen LogP contribution in [0.2, 0.25) is 10.0 Å². The summed E-state index contributed by atoms with van der Waals surface area (Å²) >= 11 is 12.2. The van der Waals surface area contributed by atoms with Crippen LogP contribution < -0.4 is 9.62 Å². The standard InChI is InChI=1S/C21H16Cl2FN3O3S/c22-15-8-14(13-2-4-25-5-3-13)9-16(10-15)26-21(28)18-11-17(12-19(24)20(18)23)27-6-1-7-31(27,29)30/h2-5,8-12H,1,6-7H2,(H,26,28). The van der Waals surface area contributed by atoms with Gasteiger partial charge in [-0.05, 0) is 60.0 Å². The summed E-state index contributed by atoms with van der Waals surface area (Å²) in [6, 6.07) is 10.9. The van der Waals surface area contributed by atoms with Crippen molar-refractivity contribution in [3.63, 3.8) is 0 Å². The van der Waals surface area contributed by atoms with E-state index in [0.29, 0.717) is 17.1 Å². The number of sulfonamides is 1. The molecular weight excluding hydrogens is 464 g/mol. The molecule has 31 heavy (non-hydrogen) atoms. The molecule has 0 radical (unpaired) electrons. The zero-order valence-electron chi connectivity index (χ0n) is 16.0. The maximum Gasteiger partial charge on any atom is 0.257 e. The van der Waals surface area contributed by atoms with E-state index in [4.69, 9.17) is 23.2 Å². The van der Waals surface area contributed by atoms with E-state index in [1.807, 2.05) is 0 Å². The normalized spacial score (nSPS) is 15.1. The fourth-order valence-corrected chi connectivity index (χ4v) is 5.36. The summed E-state index contributed by atoms with van der Waals surface area (Å²) in [4.78, 5) is 16.9. The first kappa shape index (κ1) is 21.5. The van der Waals surface area contributed by atoms with Gasteiger partial charge in [-0.15, -0.1) is 0 Å². The van der Waals surface area contributed by atoms with Crippen LogP contribution in [0.4, 0.5) is 15.8 Å². The smallest absolute Gasteiger partial charge is 0.257 e. The molecule has 1 saturated heterocycles. The summed E-state index contributed by atoms with van der Waals surface area (Å²) in [5.41, 5.74) is 1.86. The van der Waals surface area contributed by atoms with Crippen molar-refractivity contribution in [1.29, 1.82) is 0 Å². The van der Waals surface area contributed by atoms with Gasteiger partial charge in [0.15, 0.2) is 0 Å². The molecule has 4 rings (SSSR count). The molecule has 2 heterocycles. The number of amides is 1. The number of benzene rings is 2. The third-order valence-electron chi connectivity index (χ3n) is 4.81. The third kappa shape index (κ3) is 4.51. The van der Waals surface area contributed by atoms with Crippen molar-refractivity contribution in [3.8, 4) is 11.1 Å². The van der Waals surface area contributed by atoms with Crippen LogP contribution in [-0.4, -0.2) is 31.6 Å². The molecule has 160 valence electrons. The second-order valence-electron chi connectivity index (χ2n) is 6.95. The Bertz CT molecular complexity index is 1270. The highest BCUT2D eigenvalue weighted by Crippen LogP contribution is 2.32. The first-order valence-corrected chi connectivity index (χ1v) is 11.6. The highest BCUT2D eigenvalue weighted by Gasteiger charge is 2.30. The molecule has 1 aromatic heterocycles. The van der Waals surface area contributed by atoms with Gasteiger partial charge in [-0.2, -0.15) is 0 Å². The fraction of sp³-hybridized carbons (Fsp3) is 0.143. The van der Waals surface area contributed by atoms with E-state index in [1.165, 1.54) is 6.07 Å². The molecule has 0 aliphatic carbocycles. The van der Waals surface area contributed by atoms with Gasteiger partial charge in [-0.1, -0.05) is 23.2 Å². The van der Waals surface area contributed by atoms with Gasteiger partial charge < -0.3 is 5.32 Å². The molecule has 0 spiro atoms. The van der Waals surface area contributed by atoms with E-state index in [9.17, 15) is 17.6 Å². The zero-order chi connectivity index (χ0) is 22.2. The van der Waals surface area contributed by atoms with Crippen molar-refractivity contribution >= 4 is 50.5 Å². The number of nitrogens with zero attached hydrogens (tertiary/aromatic N) is 2. The molecule has 0 atom stereocenters. The molecule has 3 aromatic rings. The zero-order valence-corrected chi connectivity index (χ0v) is 18.3. The number of nitrogens with one attached hydrogen (secondary N) is 1. The van der Waals surface area contributed by atoms with Gasteiger partial charge in [0.2, 0.25) is 10.0 Å². The molecule has 2 aromatic carbocycles. The topological polar surface area (TPSA) is 79.4 Å². The Hall–Kier alpha value is -2.68. The molecule has 1 aliphatic rings. The minimum Gasteiger partial charge on any atom is -0.322 e. The highest BCUT2D eigenvalue weighted by molar-refractivity contribution is 7.93. The molecule has 1 fully saturated rings. The van der Waals surface area contributed by atoms with Crippen molar-refractivity contribution < 1.29 is 17.6 Å². The number of carbonyl (C=O) groups is 1. The number of pyridine rings is 1. The van der Waals surface area contributed by atoms with Crippen molar-refractivity contribution in [3.05, 3.63) is 76.3 Å². The molecule has 0 bridgehead atoms. The number of carbonyl (C=O) groups excluding carboxylic acids is 1. The number of halogens is 3. The lowest BCUT2D eigenvalue weighted by atomic mass is 10.1. The SMILES string of the molecule is O=C(Nc1cc(Cl)cc(-c2ccncc2)c1)c1cc(N2CCCS2(=O)=O)cc(F)c1Cl. The van der Waals surface area contributed by atoms with Gasteiger partial charge in [0.25, 0.3) is 5.91 Å². The van der Waals surface area contributed by atoms with Crippen LogP contribution in [-0.2, 0) is 10.0 Å². The predicted molar refractivity (Wildman–Crippen MR) is 120 cm³/mol. The molecule has 1 amide bonds. The molecule has 1 aliphatic heterocycles. The molecular formula is C21H16Cl2FN3O3S. The Kier molecular flexibility index (Phi) is 5.88. The minimum absolute atomic E-state index is 0.0287. The Morgan fingerprint density at radius 1 is 1.06 bits per heavy atom. The summed E-state index contributed by atoms with van der Waals surface area (Å²) in [5.74, 6) is -1.60. The van der Waals surface area contributed by atoms with Crippen molar-refractivity contribution in [1.82, 2.24) is 4.98 Å². The Labute approximate surface area is 188 Å². The number of anilines is 2. The van der Waals surface area contributed by atoms with Crippen LogP contribution in [0.3, 0.4) is 0 Å². The number of hydrogen-bond acceptors (Lipinski definition) is 4. The lowest BCUT2D eigenvalue weighted by Crippen LogP contribution is -2.26. The fourth-order valence-electron chi connectivity index (χ4n) is 3.38. The van der Waals surface area contributed by atoms with E-state index >= 15 is 0 Å². The van der Waals surface area contributed by atoms with Gasteiger partial charge in [0.05, 0.1) is 22.0 Å². The van der Waals surface area contributed by atoms with Gasteiger partial charge in [0, 0.05) is 29.6 Å². The highest BCUT2D eigenvalue weighted by atomic mass is 35.5. The summed E-state index contributed by atoms with van der Waals surface area (Å²) in [7, 11) is -3.54. The van der Waals surface area contributed by atoms with Crippen LogP contribution in [0.15, 0.2) is 54.9 Å². The van der Waals surface area contributed by atoms with Crippen LogP contribution in [0.25, 0.3) is 11.1 Å². The van der Waals surface area contributed by atoms with Crippen LogP contribution >= 0.6 is 23.2 Å². The molecule has 1 N–H and O–H groups in total. The van der Waals surface area contributed by atoms with Crippen molar-refractivity contribution in [2.24, 2.45) is 0 Å². The summed E-state index contributed by atoms with van der Waals surface area (Å²) in [6.45, 7) is 0.216. The van der Waals surface area contributed by atoms with Gasteiger partial charge in [-0.25, -0.2) is 12.8 Å². The molecule has 10 heteroatoms. The largest absolute Gasteiger partial charge is 0.322 e. The minimum atomic E-state index is -3.54. The second kappa shape index (κ2) is 8.45. The Balaban J connectivity index is 1.67. The van der Waals surface area contributed by atoms with Gasteiger partial charge >= 0.3 is 0 Å². The second-order valence-corrected chi connectivity index (χ2v) is 9.78. The molecule has 0 saturated carbocycles. The first-order valence-electron chi connectivity index (χ1n) is 9.26. The summed E-state index contributed by atoms with van der Waals surface area (Å²) < 4.78 is 39.9. The lowest BCUT2D eigenvalue weighted by molar-refractivity contribution is 0.102. The summed E-state index contributed by atoms with van der Waals surface area (Å²) in [6.07, 6.45) is 3.69. The van der Waals surface area contributed by atoms with E-state index in [0.717, 1.165) is 21.5 Å². The average molecular weight is 480 g/mol. The van der Waals surface area contributed by atoms with Crippen LogP contribution in [0, 0.1) is 5.82 Å². The van der Waals surface area contributed by atoms with E-state index in [1.54, 1.807) is 42.7 Å². The summed E-state index contributed by atoms with van der Waals surface area (Å²) in [5, 5.41) is 2.65. The number of rotatable bonds is 4. The number of hydrogen-bond donors (Lipinski definition) is 1. The van der Waals surface area contributed by atoms with Crippen LogP contribution in [0.1, 0.15) is 16.8 Å². The molecule has 0 unspecified atom stereocenters. The number of aromatic nitrogens is 1. The third-order valence-corrected chi connectivity index (χ3v) is 7.29. The first-order chi connectivity index (χ1) is 14.7. The molecule has 6 nitrogen and oxygen atoms in total. The van der Waals surface area contributed by atoms with E-state index in [2.05, 4.69) is 10.3 Å². The average Bonchev–Trinajstić information content (AvgIpc) is 3.09. The van der Waals surface area contributed by atoms with Crippen molar-refractivity contribution in [2.45, 2.75) is 6.42 Å². The Morgan fingerprint density at radius 3 is 2.48 bits per heavy atom.